The molecule has 2 rings (SSSR count). The van der Waals surface area contributed by atoms with Gasteiger partial charge in [-0.1, -0.05) is 13.8 Å². The van der Waals surface area contributed by atoms with Crippen LogP contribution in [0.5, 0.6) is 0 Å². The van der Waals surface area contributed by atoms with E-state index in [0.717, 1.165) is 20.7 Å². The van der Waals surface area contributed by atoms with Gasteiger partial charge < -0.3 is 5.73 Å². The maximum atomic E-state index is 6.07. The zero-order valence-corrected chi connectivity index (χ0v) is 11.0. The first-order valence-electron chi connectivity index (χ1n) is 4.86. The topological polar surface area (TPSA) is 69.6 Å². The fourth-order valence-corrected chi connectivity index (χ4v) is 2.83. The molecule has 2 aromatic rings. The van der Waals surface area contributed by atoms with Gasteiger partial charge in [0.25, 0.3) is 0 Å². The number of aryl methyl sites for hydroxylation is 1. The number of nitrogens with zero attached hydrogens (tertiary/aromatic N) is 4. The summed E-state index contributed by atoms with van der Waals surface area (Å²) in [5.74, 6) is 0.329. The van der Waals surface area contributed by atoms with Gasteiger partial charge >= 0.3 is 0 Å². The van der Waals surface area contributed by atoms with E-state index in [2.05, 4.69) is 28.3 Å². The zero-order chi connectivity index (χ0) is 11.7. The van der Waals surface area contributed by atoms with Crippen molar-refractivity contribution in [3.63, 3.8) is 0 Å². The predicted molar refractivity (Wildman–Crippen MR) is 65.7 cm³/mol. The Labute approximate surface area is 102 Å². The SMILES string of the molecule is CC(C)c1nn(C)c(Sc2ncns2)c1N. The Kier molecular flexibility index (Phi) is 3.15. The smallest absolute Gasteiger partial charge is 0.176 e. The summed E-state index contributed by atoms with van der Waals surface area (Å²) in [5, 5.41) is 5.35. The van der Waals surface area contributed by atoms with E-state index in [-0.39, 0.29) is 0 Å². The highest BCUT2D eigenvalue weighted by atomic mass is 32.2. The van der Waals surface area contributed by atoms with E-state index in [0.29, 0.717) is 5.92 Å². The minimum Gasteiger partial charge on any atom is -0.395 e. The number of rotatable bonds is 3. The van der Waals surface area contributed by atoms with Gasteiger partial charge in [-0.15, -0.1) is 0 Å². The van der Waals surface area contributed by atoms with Gasteiger partial charge in [0, 0.05) is 7.05 Å². The van der Waals surface area contributed by atoms with Crippen molar-refractivity contribution >= 4 is 29.0 Å². The first-order valence-corrected chi connectivity index (χ1v) is 6.45. The van der Waals surface area contributed by atoms with Gasteiger partial charge in [-0.05, 0) is 29.2 Å². The third-order valence-electron chi connectivity index (χ3n) is 2.13. The zero-order valence-electron chi connectivity index (χ0n) is 9.34. The minimum atomic E-state index is 0.329. The standard InChI is InChI=1S/C9H13N5S2/c1-5(2)7-6(10)8(14(3)13-7)15-9-11-4-12-16-9/h4-5H,10H2,1-3H3. The highest BCUT2D eigenvalue weighted by Crippen LogP contribution is 2.35. The summed E-state index contributed by atoms with van der Waals surface area (Å²) in [6.07, 6.45) is 1.54. The Morgan fingerprint density at radius 2 is 2.25 bits per heavy atom. The van der Waals surface area contributed by atoms with E-state index in [4.69, 9.17) is 5.73 Å². The molecule has 5 nitrogen and oxygen atoms in total. The molecule has 2 N–H and O–H groups in total. The molecular weight excluding hydrogens is 242 g/mol. The van der Waals surface area contributed by atoms with Crippen LogP contribution in [0.4, 0.5) is 5.69 Å². The van der Waals surface area contributed by atoms with Crippen LogP contribution in [0.2, 0.25) is 0 Å². The van der Waals surface area contributed by atoms with Crippen molar-refractivity contribution in [3.8, 4) is 0 Å². The summed E-state index contributed by atoms with van der Waals surface area (Å²) in [6, 6.07) is 0. The molecule has 2 aromatic heterocycles. The lowest BCUT2D eigenvalue weighted by molar-refractivity contribution is 0.671. The van der Waals surface area contributed by atoms with Gasteiger partial charge in [-0.3, -0.25) is 4.68 Å². The number of hydrogen-bond donors (Lipinski definition) is 1. The monoisotopic (exact) mass is 255 g/mol. The Morgan fingerprint density at radius 3 is 2.75 bits per heavy atom. The number of nitrogens with two attached hydrogens (primary N) is 1. The third-order valence-corrected chi connectivity index (χ3v) is 4.02. The number of nitrogen functional groups attached to an aromatic ring is 1. The van der Waals surface area contributed by atoms with Crippen LogP contribution in [0.15, 0.2) is 15.7 Å². The van der Waals surface area contributed by atoms with E-state index in [9.17, 15) is 0 Å². The predicted octanol–water partition coefficient (Wildman–Crippen LogP) is 2.13. The molecule has 0 saturated carbocycles. The number of aromatic nitrogens is 4. The first-order chi connectivity index (χ1) is 7.59. The normalized spacial score (nSPS) is 11.2. The van der Waals surface area contributed by atoms with Crippen LogP contribution in [0.1, 0.15) is 25.5 Å². The summed E-state index contributed by atoms with van der Waals surface area (Å²) in [6.45, 7) is 4.16. The summed E-state index contributed by atoms with van der Waals surface area (Å²) in [7, 11) is 1.89. The highest BCUT2D eigenvalue weighted by Gasteiger charge is 2.17. The molecule has 0 unspecified atom stereocenters. The van der Waals surface area contributed by atoms with Crippen molar-refractivity contribution < 1.29 is 0 Å². The Hall–Kier alpha value is -1.08. The van der Waals surface area contributed by atoms with Crippen LogP contribution in [-0.2, 0) is 7.05 Å². The molecule has 0 aliphatic rings. The van der Waals surface area contributed by atoms with Gasteiger partial charge in [0.2, 0.25) is 0 Å². The Bertz CT molecular complexity index is 474. The van der Waals surface area contributed by atoms with Crippen LogP contribution in [0.3, 0.4) is 0 Å². The largest absolute Gasteiger partial charge is 0.395 e. The molecule has 86 valence electrons. The maximum absolute atomic E-state index is 6.07. The molecule has 0 aromatic carbocycles. The average Bonchev–Trinajstić information content (AvgIpc) is 2.81. The maximum Gasteiger partial charge on any atom is 0.176 e. The van der Waals surface area contributed by atoms with Crippen LogP contribution in [0, 0.1) is 0 Å². The lowest BCUT2D eigenvalue weighted by Gasteiger charge is -2.01. The van der Waals surface area contributed by atoms with Crippen LogP contribution >= 0.6 is 23.3 Å². The molecule has 0 saturated heterocycles. The molecule has 2 heterocycles. The second-order valence-corrected chi connectivity index (χ2v) is 5.71. The van der Waals surface area contributed by atoms with E-state index >= 15 is 0 Å². The molecule has 0 aliphatic heterocycles. The highest BCUT2D eigenvalue weighted by molar-refractivity contribution is 8.01. The average molecular weight is 255 g/mol. The van der Waals surface area contributed by atoms with Gasteiger partial charge in [0.05, 0.1) is 11.4 Å². The van der Waals surface area contributed by atoms with Crippen molar-refractivity contribution in [2.75, 3.05) is 5.73 Å². The molecule has 0 aliphatic carbocycles. The molecule has 16 heavy (non-hydrogen) atoms. The molecule has 0 bridgehead atoms. The van der Waals surface area contributed by atoms with Crippen LogP contribution in [-0.4, -0.2) is 19.1 Å². The van der Waals surface area contributed by atoms with E-state index < -0.39 is 0 Å². The van der Waals surface area contributed by atoms with Crippen molar-refractivity contribution in [1.82, 2.24) is 19.1 Å². The third kappa shape index (κ3) is 2.05. The van der Waals surface area contributed by atoms with Gasteiger partial charge in [-0.2, -0.15) is 9.47 Å². The van der Waals surface area contributed by atoms with E-state index in [1.54, 1.807) is 11.0 Å². The fraction of sp³-hybridized carbons (Fsp3) is 0.444. The van der Waals surface area contributed by atoms with Crippen LogP contribution in [0.25, 0.3) is 0 Å². The fourth-order valence-electron chi connectivity index (χ4n) is 1.38. The van der Waals surface area contributed by atoms with Crippen molar-refractivity contribution in [3.05, 3.63) is 12.0 Å². The van der Waals surface area contributed by atoms with Crippen molar-refractivity contribution in [1.29, 1.82) is 0 Å². The van der Waals surface area contributed by atoms with Crippen LogP contribution < -0.4 is 5.73 Å². The number of hydrogen-bond acceptors (Lipinski definition) is 6. The first kappa shape index (κ1) is 11.4. The second kappa shape index (κ2) is 4.42. The second-order valence-electron chi connectivity index (χ2n) is 3.69. The summed E-state index contributed by atoms with van der Waals surface area (Å²) < 4.78 is 6.64. The summed E-state index contributed by atoms with van der Waals surface area (Å²) in [4.78, 5) is 4.12. The molecule has 0 atom stereocenters. The molecule has 0 amide bonds. The van der Waals surface area contributed by atoms with Crippen molar-refractivity contribution in [2.45, 2.75) is 29.1 Å². The molecule has 0 spiro atoms. The Balaban J connectivity index is 2.34. The number of anilines is 1. The summed E-state index contributed by atoms with van der Waals surface area (Å²) in [5.41, 5.74) is 7.76. The molecular formula is C9H13N5S2. The molecule has 0 fully saturated rings. The van der Waals surface area contributed by atoms with Gasteiger partial charge in [-0.25, -0.2) is 4.98 Å². The van der Waals surface area contributed by atoms with E-state index in [1.807, 2.05) is 7.05 Å². The van der Waals surface area contributed by atoms with Crippen molar-refractivity contribution in [2.24, 2.45) is 7.05 Å². The van der Waals surface area contributed by atoms with Gasteiger partial charge in [0.15, 0.2) is 4.34 Å². The lowest BCUT2D eigenvalue weighted by atomic mass is 10.1. The summed E-state index contributed by atoms with van der Waals surface area (Å²) >= 11 is 2.86. The minimum absolute atomic E-state index is 0.329. The Morgan fingerprint density at radius 1 is 1.50 bits per heavy atom. The van der Waals surface area contributed by atoms with E-state index in [1.165, 1.54) is 23.3 Å². The lowest BCUT2D eigenvalue weighted by Crippen LogP contribution is -1.94. The van der Waals surface area contributed by atoms with Gasteiger partial charge in [0.1, 0.15) is 11.4 Å². The molecule has 7 heteroatoms. The molecule has 0 radical (unpaired) electrons. The quantitative estimate of drug-likeness (QED) is 0.909.